The molecule has 2 rings (SSSR count). The SMILES string of the molecule is CN(Cc1ccccc1F)C(=O)CN(CCN)CCc1ccccc1.Cl. The van der Waals surface area contributed by atoms with Crippen LogP contribution in [0.5, 0.6) is 0 Å². The average Bonchev–Trinajstić information content (AvgIpc) is 2.62. The second-order valence-electron chi connectivity index (χ2n) is 6.14. The minimum atomic E-state index is -0.287. The maximum atomic E-state index is 13.7. The third-order valence-corrected chi connectivity index (χ3v) is 4.15. The Morgan fingerprint density at radius 2 is 1.69 bits per heavy atom. The van der Waals surface area contributed by atoms with Gasteiger partial charge in [0.05, 0.1) is 6.54 Å². The van der Waals surface area contributed by atoms with Gasteiger partial charge < -0.3 is 10.6 Å². The second kappa shape index (κ2) is 11.6. The Labute approximate surface area is 161 Å². The summed E-state index contributed by atoms with van der Waals surface area (Å²) in [5, 5.41) is 0. The molecule has 0 atom stereocenters. The van der Waals surface area contributed by atoms with E-state index in [4.69, 9.17) is 5.73 Å². The largest absolute Gasteiger partial charge is 0.340 e. The first kappa shape index (κ1) is 22.1. The Morgan fingerprint density at radius 1 is 1.04 bits per heavy atom. The molecule has 0 saturated carbocycles. The molecule has 26 heavy (non-hydrogen) atoms. The number of nitrogens with zero attached hydrogens (tertiary/aromatic N) is 2. The molecule has 6 heteroatoms. The third-order valence-electron chi connectivity index (χ3n) is 4.15. The fourth-order valence-corrected chi connectivity index (χ4v) is 2.67. The van der Waals surface area contributed by atoms with Crippen LogP contribution in [-0.2, 0) is 17.8 Å². The van der Waals surface area contributed by atoms with Crippen molar-refractivity contribution in [3.63, 3.8) is 0 Å². The lowest BCUT2D eigenvalue weighted by Gasteiger charge is -2.25. The molecule has 4 nitrogen and oxygen atoms in total. The van der Waals surface area contributed by atoms with E-state index in [1.807, 2.05) is 23.1 Å². The lowest BCUT2D eigenvalue weighted by molar-refractivity contribution is -0.131. The van der Waals surface area contributed by atoms with E-state index in [1.54, 1.807) is 30.1 Å². The normalized spacial score (nSPS) is 10.5. The van der Waals surface area contributed by atoms with Gasteiger partial charge in [0, 0.05) is 38.8 Å². The van der Waals surface area contributed by atoms with Crippen molar-refractivity contribution in [3.05, 3.63) is 71.5 Å². The highest BCUT2D eigenvalue weighted by Gasteiger charge is 2.15. The van der Waals surface area contributed by atoms with Crippen LogP contribution in [-0.4, -0.2) is 48.9 Å². The van der Waals surface area contributed by atoms with Crippen molar-refractivity contribution in [1.29, 1.82) is 0 Å². The van der Waals surface area contributed by atoms with E-state index >= 15 is 0 Å². The smallest absolute Gasteiger partial charge is 0.236 e. The first-order valence-electron chi connectivity index (χ1n) is 8.54. The van der Waals surface area contributed by atoms with Crippen LogP contribution in [0.4, 0.5) is 4.39 Å². The summed E-state index contributed by atoms with van der Waals surface area (Å²) in [5.41, 5.74) is 7.43. The van der Waals surface area contributed by atoms with Crippen LogP contribution >= 0.6 is 12.4 Å². The highest BCUT2D eigenvalue weighted by atomic mass is 35.5. The number of benzene rings is 2. The molecule has 2 N–H and O–H groups in total. The van der Waals surface area contributed by atoms with Crippen LogP contribution in [0.25, 0.3) is 0 Å². The summed E-state index contributed by atoms with van der Waals surface area (Å²) in [4.78, 5) is 16.1. The summed E-state index contributed by atoms with van der Waals surface area (Å²) < 4.78 is 13.7. The average molecular weight is 380 g/mol. The molecule has 142 valence electrons. The Bertz CT molecular complexity index is 669. The van der Waals surface area contributed by atoms with Gasteiger partial charge in [-0.1, -0.05) is 48.5 Å². The predicted octanol–water partition coefficient (Wildman–Crippen LogP) is 2.71. The van der Waals surface area contributed by atoms with E-state index in [2.05, 4.69) is 12.1 Å². The summed E-state index contributed by atoms with van der Waals surface area (Å²) in [6.07, 6.45) is 0.866. The van der Waals surface area contributed by atoms with Gasteiger partial charge in [-0.25, -0.2) is 4.39 Å². The number of likely N-dealkylation sites (N-methyl/N-ethyl adjacent to an activating group) is 1. The highest BCUT2D eigenvalue weighted by Crippen LogP contribution is 2.09. The van der Waals surface area contributed by atoms with Crippen LogP contribution in [0, 0.1) is 5.82 Å². The van der Waals surface area contributed by atoms with Gasteiger partial charge >= 0.3 is 0 Å². The molecule has 0 fully saturated rings. The summed E-state index contributed by atoms with van der Waals surface area (Å²) in [7, 11) is 1.70. The van der Waals surface area contributed by atoms with Gasteiger partial charge in [-0.2, -0.15) is 0 Å². The van der Waals surface area contributed by atoms with Gasteiger partial charge in [0.1, 0.15) is 5.82 Å². The maximum absolute atomic E-state index is 13.7. The minimum Gasteiger partial charge on any atom is -0.340 e. The van der Waals surface area contributed by atoms with Crippen molar-refractivity contribution in [2.45, 2.75) is 13.0 Å². The first-order valence-corrected chi connectivity index (χ1v) is 8.54. The van der Waals surface area contributed by atoms with E-state index < -0.39 is 0 Å². The van der Waals surface area contributed by atoms with E-state index in [-0.39, 0.29) is 37.2 Å². The van der Waals surface area contributed by atoms with Gasteiger partial charge in [0.15, 0.2) is 0 Å². The van der Waals surface area contributed by atoms with E-state index in [0.29, 0.717) is 18.7 Å². The maximum Gasteiger partial charge on any atom is 0.236 e. The second-order valence-corrected chi connectivity index (χ2v) is 6.14. The molecular weight excluding hydrogens is 353 g/mol. The number of carbonyl (C=O) groups excluding carboxylic acids is 1. The third kappa shape index (κ3) is 7.12. The van der Waals surface area contributed by atoms with Crippen molar-refractivity contribution in [2.24, 2.45) is 5.73 Å². The van der Waals surface area contributed by atoms with Gasteiger partial charge in [-0.05, 0) is 18.1 Å². The molecule has 2 aromatic carbocycles. The molecule has 0 unspecified atom stereocenters. The monoisotopic (exact) mass is 379 g/mol. The van der Waals surface area contributed by atoms with Crippen molar-refractivity contribution < 1.29 is 9.18 Å². The summed E-state index contributed by atoms with van der Waals surface area (Å²) in [6.45, 7) is 2.47. The van der Waals surface area contributed by atoms with E-state index in [0.717, 1.165) is 13.0 Å². The Balaban J connectivity index is 0.00000338. The number of hydrogen-bond donors (Lipinski definition) is 1. The zero-order valence-electron chi connectivity index (χ0n) is 15.1. The van der Waals surface area contributed by atoms with Gasteiger partial charge in [-0.15, -0.1) is 12.4 Å². The number of hydrogen-bond acceptors (Lipinski definition) is 3. The lowest BCUT2D eigenvalue weighted by Crippen LogP contribution is -2.41. The number of carbonyl (C=O) groups is 1. The summed E-state index contributed by atoms with van der Waals surface area (Å²) in [5.74, 6) is -0.324. The molecule has 0 radical (unpaired) electrons. The highest BCUT2D eigenvalue weighted by molar-refractivity contribution is 5.85. The molecule has 0 saturated heterocycles. The topological polar surface area (TPSA) is 49.6 Å². The Morgan fingerprint density at radius 3 is 2.35 bits per heavy atom. The van der Waals surface area contributed by atoms with E-state index in [9.17, 15) is 9.18 Å². The standard InChI is InChI=1S/C20H26FN3O.ClH/c1-23(15-18-9-5-6-10-19(18)21)20(25)16-24(14-12-22)13-11-17-7-3-2-4-8-17;/h2-10H,11-16,22H2,1H3;1H. The number of nitrogens with two attached hydrogens (primary N) is 1. The Kier molecular flexibility index (Phi) is 9.88. The lowest BCUT2D eigenvalue weighted by atomic mass is 10.1. The van der Waals surface area contributed by atoms with Crippen molar-refractivity contribution in [2.75, 3.05) is 33.2 Å². The zero-order chi connectivity index (χ0) is 18.1. The van der Waals surface area contributed by atoms with Crippen LogP contribution in [0.2, 0.25) is 0 Å². The van der Waals surface area contributed by atoms with Gasteiger partial charge in [0.25, 0.3) is 0 Å². The fourth-order valence-electron chi connectivity index (χ4n) is 2.67. The van der Waals surface area contributed by atoms with Crippen LogP contribution in [0.3, 0.4) is 0 Å². The molecule has 1 amide bonds. The van der Waals surface area contributed by atoms with Crippen LogP contribution in [0.1, 0.15) is 11.1 Å². The molecule has 0 aromatic heterocycles. The number of rotatable bonds is 9. The van der Waals surface area contributed by atoms with Crippen molar-refractivity contribution in [1.82, 2.24) is 9.80 Å². The summed E-state index contributed by atoms with van der Waals surface area (Å²) >= 11 is 0. The zero-order valence-corrected chi connectivity index (χ0v) is 15.9. The quantitative estimate of drug-likeness (QED) is 0.728. The molecule has 0 bridgehead atoms. The minimum absolute atomic E-state index is 0. The van der Waals surface area contributed by atoms with Gasteiger partial charge in [-0.3, -0.25) is 9.69 Å². The first-order chi connectivity index (χ1) is 12.1. The van der Waals surface area contributed by atoms with Crippen molar-refractivity contribution >= 4 is 18.3 Å². The molecule has 0 spiro atoms. The van der Waals surface area contributed by atoms with Crippen LogP contribution < -0.4 is 5.73 Å². The molecule has 0 aliphatic rings. The predicted molar refractivity (Wildman–Crippen MR) is 106 cm³/mol. The molecule has 0 heterocycles. The molecular formula is C20H27ClFN3O. The van der Waals surface area contributed by atoms with E-state index in [1.165, 1.54) is 11.6 Å². The van der Waals surface area contributed by atoms with Gasteiger partial charge in [0.2, 0.25) is 5.91 Å². The molecule has 2 aromatic rings. The Hall–Kier alpha value is -1.95. The number of halogens is 2. The molecule has 0 aliphatic heterocycles. The van der Waals surface area contributed by atoms with Crippen molar-refractivity contribution in [3.8, 4) is 0 Å². The fraction of sp³-hybridized carbons (Fsp3) is 0.350. The summed E-state index contributed by atoms with van der Waals surface area (Å²) in [6, 6.07) is 16.7. The number of amides is 1. The molecule has 0 aliphatic carbocycles. The van der Waals surface area contributed by atoms with Crippen LogP contribution in [0.15, 0.2) is 54.6 Å².